The lowest BCUT2D eigenvalue weighted by Gasteiger charge is -2.36. The minimum Gasteiger partial charge on any atom is -0.463 e. The predicted octanol–water partition coefficient (Wildman–Crippen LogP) is 3.17. The molecule has 1 aromatic rings. The molecule has 1 amide bonds. The molecule has 1 aromatic heterocycles. The number of hydrogen-bond acceptors (Lipinski definition) is 6. The predicted molar refractivity (Wildman–Crippen MR) is 112 cm³/mol. The second kappa shape index (κ2) is 10.0. The lowest BCUT2D eigenvalue weighted by molar-refractivity contribution is -0.117. The Bertz CT molecular complexity index is 664. The van der Waals surface area contributed by atoms with Gasteiger partial charge in [0, 0.05) is 18.2 Å². The number of fused-ring (bicyclic) bond motifs is 1. The van der Waals surface area contributed by atoms with Gasteiger partial charge in [0.05, 0.1) is 13.0 Å². The van der Waals surface area contributed by atoms with E-state index in [4.69, 9.17) is 10.5 Å². The van der Waals surface area contributed by atoms with E-state index in [9.17, 15) is 4.79 Å². The molecule has 0 aliphatic carbocycles. The Morgan fingerprint density at radius 3 is 2.79 bits per heavy atom. The highest BCUT2D eigenvalue weighted by molar-refractivity contribution is 6.01. The van der Waals surface area contributed by atoms with Crippen LogP contribution in [0.3, 0.4) is 0 Å². The summed E-state index contributed by atoms with van der Waals surface area (Å²) in [6.45, 7) is 8.00. The number of carbonyl (C=O) groups excluding carboxylic acids is 1. The van der Waals surface area contributed by atoms with Gasteiger partial charge in [-0.2, -0.15) is 9.97 Å². The van der Waals surface area contributed by atoms with E-state index in [0.717, 1.165) is 31.2 Å². The molecule has 1 fully saturated rings. The molecule has 2 N–H and O–H groups in total. The molecular weight excluding hydrogens is 354 g/mol. The molecule has 2 aliphatic heterocycles. The minimum absolute atomic E-state index is 0.0655. The van der Waals surface area contributed by atoms with Crippen LogP contribution in [-0.2, 0) is 11.2 Å². The number of hydrogen-bond donors (Lipinski definition) is 1. The highest BCUT2D eigenvalue weighted by atomic mass is 16.5. The number of aromatic nitrogens is 2. The fourth-order valence-electron chi connectivity index (χ4n) is 4.28. The number of piperidine rings is 1. The van der Waals surface area contributed by atoms with Crippen molar-refractivity contribution in [3.63, 3.8) is 0 Å². The van der Waals surface area contributed by atoms with Gasteiger partial charge in [0.1, 0.15) is 11.6 Å². The molecule has 0 bridgehead atoms. The van der Waals surface area contributed by atoms with Gasteiger partial charge in [-0.05, 0) is 51.6 Å². The quantitative estimate of drug-likeness (QED) is 0.619. The van der Waals surface area contributed by atoms with Crippen molar-refractivity contribution in [1.29, 1.82) is 0 Å². The van der Waals surface area contributed by atoms with E-state index >= 15 is 0 Å². The molecule has 1 saturated heterocycles. The fraction of sp³-hybridized carbons (Fsp3) is 0.762. The molecular formula is C21H35N5O2. The minimum atomic E-state index is 0.0655. The van der Waals surface area contributed by atoms with Crippen molar-refractivity contribution >= 4 is 17.5 Å². The molecule has 3 rings (SSSR count). The van der Waals surface area contributed by atoms with Crippen LogP contribution in [0.25, 0.3) is 0 Å². The maximum absolute atomic E-state index is 12.6. The average molecular weight is 390 g/mol. The highest BCUT2D eigenvalue weighted by Crippen LogP contribution is 2.32. The van der Waals surface area contributed by atoms with Gasteiger partial charge in [-0.1, -0.05) is 26.7 Å². The lowest BCUT2D eigenvalue weighted by Crippen LogP contribution is -2.40. The third-order valence-electron chi connectivity index (χ3n) is 5.79. The Morgan fingerprint density at radius 2 is 2.00 bits per heavy atom. The third-order valence-corrected chi connectivity index (χ3v) is 5.79. The Kier molecular flexibility index (Phi) is 7.48. The number of rotatable bonds is 10. The summed E-state index contributed by atoms with van der Waals surface area (Å²) in [5.74, 6) is 1.09. The van der Waals surface area contributed by atoms with Crippen LogP contribution in [0.5, 0.6) is 6.01 Å². The average Bonchev–Trinajstić information content (AvgIpc) is 3.00. The molecule has 0 saturated carbocycles. The molecule has 2 aliphatic rings. The van der Waals surface area contributed by atoms with E-state index in [0.29, 0.717) is 37.3 Å². The van der Waals surface area contributed by atoms with Gasteiger partial charge in [-0.3, -0.25) is 9.69 Å². The number of likely N-dealkylation sites (tertiary alicyclic amines) is 1. The first-order chi connectivity index (χ1) is 13.6. The van der Waals surface area contributed by atoms with E-state index in [1.165, 1.54) is 38.8 Å². The molecule has 1 unspecified atom stereocenters. The van der Waals surface area contributed by atoms with Crippen LogP contribution in [0.2, 0.25) is 0 Å². The molecule has 0 aromatic carbocycles. The summed E-state index contributed by atoms with van der Waals surface area (Å²) in [6, 6.07) is 0.931. The number of nitrogens with zero attached hydrogens (tertiary/aromatic N) is 4. The summed E-state index contributed by atoms with van der Waals surface area (Å²) in [5, 5.41) is 0. The summed E-state index contributed by atoms with van der Waals surface area (Å²) in [6.07, 6.45) is 9.48. The standard InChI is InChI=1S/C21H35N5O2/c1-3-5-14-28-21-23-19(22)17-15-18(27)26(20(17)24-21)13-8-10-16-9-6-7-12-25(16)11-4-2/h16H,3-15H2,1-2H3,(H2,22,23,24). The van der Waals surface area contributed by atoms with Gasteiger partial charge in [0.2, 0.25) is 5.91 Å². The number of ether oxygens (including phenoxy) is 1. The molecule has 7 nitrogen and oxygen atoms in total. The van der Waals surface area contributed by atoms with Crippen LogP contribution in [0, 0.1) is 0 Å². The van der Waals surface area contributed by atoms with Crippen LogP contribution in [0.15, 0.2) is 0 Å². The Hall–Kier alpha value is -1.89. The van der Waals surface area contributed by atoms with E-state index < -0.39 is 0 Å². The van der Waals surface area contributed by atoms with Gasteiger partial charge in [-0.25, -0.2) is 0 Å². The molecule has 7 heteroatoms. The molecule has 1 atom stereocenters. The van der Waals surface area contributed by atoms with E-state index in [-0.39, 0.29) is 11.9 Å². The van der Waals surface area contributed by atoms with Crippen molar-refractivity contribution in [2.24, 2.45) is 0 Å². The number of anilines is 2. The lowest BCUT2D eigenvalue weighted by atomic mass is 9.97. The maximum atomic E-state index is 12.6. The number of amides is 1. The first-order valence-corrected chi connectivity index (χ1v) is 11.0. The number of nitrogen functional groups attached to an aromatic ring is 1. The van der Waals surface area contributed by atoms with Crippen LogP contribution in [-0.4, -0.2) is 53.1 Å². The second-order valence-electron chi connectivity index (χ2n) is 7.95. The van der Waals surface area contributed by atoms with Gasteiger partial charge in [0.25, 0.3) is 0 Å². The van der Waals surface area contributed by atoms with Crippen LogP contribution in [0.1, 0.15) is 70.8 Å². The first kappa shape index (κ1) is 20.8. The van der Waals surface area contributed by atoms with Crippen molar-refractivity contribution in [3.05, 3.63) is 5.56 Å². The van der Waals surface area contributed by atoms with E-state index in [2.05, 4.69) is 28.7 Å². The number of unbranched alkanes of at least 4 members (excludes halogenated alkanes) is 1. The van der Waals surface area contributed by atoms with Gasteiger partial charge in [0.15, 0.2) is 0 Å². The Morgan fingerprint density at radius 1 is 1.14 bits per heavy atom. The van der Waals surface area contributed by atoms with Crippen molar-refractivity contribution in [1.82, 2.24) is 14.9 Å². The van der Waals surface area contributed by atoms with Crippen LogP contribution in [0.4, 0.5) is 11.6 Å². The molecule has 0 radical (unpaired) electrons. The van der Waals surface area contributed by atoms with E-state index in [1.54, 1.807) is 4.90 Å². The Labute approximate surface area is 168 Å². The van der Waals surface area contributed by atoms with Crippen molar-refractivity contribution in [3.8, 4) is 6.01 Å². The summed E-state index contributed by atoms with van der Waals surface area (Å²) in [5.41, 5.74) is 6.83. The normalized spacial score (nSPS) is 19.9. The first-order valence-electron chi connectivity index (χ1n) is 11.0. The van der Waals surface area contributed by atoms with Crippen molar-refractivity contribution < 1.29 is 9.53 Å². The molecule has 28 heavy (non-hydrogen) atoms. The van der Waals surface area contributed by atoms with E-state index in [1.807, 2.05) is 0 Å². The van der Waals surface area contributed by atoms with Crippen LogP contribution >= 0.6 is 0 Å². The van der Waals surface area contributed by atoms with Crippen molar-refractivity contribution in [2.45, 2.75) is 77.7 Å². The Balaban J connectivity index is 1.61. The largest absolute Gasteiger partial charge is 0.463 e. The summed E-state index contributed by atoms with van der Waals surface area (Å²) in [4.78, 5) is 25.7. The zero-order valence-corrected chi connectivity index (χ0v) is 17.5. The smallest absolute Gasteiger partial charge is 0.320 e. The molecule has 0 spiro atoms. The topological polar surface area (TPSA) is 84.6 Å². The third kappa shape index (κ3) is 4.93. The number of carbonyl (C=O) groups is 1. The van der Waals surface area contributed by atoms with Gasteiger partial charge >= 0.3 is 6.01 Å². The molecule has 3 heterocycles. The van der Waals surface area contributed by atoms with Gasteiger partial charge < -0.3 is 15.4 Å². The van der Waals surface area contributed by atoms with Crippen LogP contribution < -0.4 is 15.4 Å². The second-order valence-corrected chi connectivity index (χ2v) is 7.95. The maximum Gasteiger partial charge on any atom is 0.320 e. The van der Waals surface area contributed by atoms with Gasteiger partial charge in [-0.15, -0.1) is 0 Å². The molecule has 156 valence electrons. The summed E-state index contributed by atoms with van der Waals surface area (Å²) in [7, 11) is 0. The monoisotopic (exact) mass is 389 g/mol. The number of nitrogens with two attached hydrogens (primary N) is 1. The zero-order valence-electron chi connectivity index (χ0n) is 17.5. The highest BCUT2D eigenvalue weighted by Gasteiger charge is 2.32. The summed E-state index contributed by atoms with van der Waals surface area (Å²) < 4.78 is 5.63. The van der Waals surface area contributed by atoms with Crippen molar-refractivity contribution in [2.75, 3.05) is 36.9 Å². The summed E-state index contributed by atoms with van der Waals surface area (Å²) >= 11 is 0. The SMILES string of the molecule is CCCCOc1nc(N)c2c(n1)N(CCCC1CCCCN1CCC)C(=O)C2. The zero-order chi connectivity index (χ0) is 19.9. The fourth-order valence-corrected chi connectivity index (χ4v) is 4.28.